The van der Waals surface area contributed by atoms with Gasteiger partial charge in [-0.05, 0) is 42.8 Å². The van der Waals surface area contributed by atoms with Crippen LogP contribution in [-0.4, -0.2) is 33.7 Å². The summed E-state index contributed by atoms with van der Waals surface area (Å²) in [6.45, 7) is 2.59. The molecule has 0 N–H and O–H groups in total. The van der Waals surface area contributed by atoms with E-state index in [1.165, 1.54) is 0 Å². The SMILES string of the molecule is C/C=C\c1ccc(OCCOc2cc(C=O)ccc2OC)c(OC)c1. The van der Waals surface area contributed by atoms with Gasteiger partial charge in [-0.2, -0.15) is 0 Å². The van der Waals surface area contributed by atoms with Gasteiger partial charge in [0.05, 0.1) is 14.2 Å². The second-order valence-electron chi connectivity index (χ2n) is 5.14. The lowest BCUT2D eigenvalue weighted by Gasteiger charge is -2.13. The van der Waals surface area contributed by atoms with E-state index in [2.05, 4.69) is 0 Å². The van der Waals surface area contributed by atoms with E-state index in [0.717, 1.165) is 11.8 Å². The van der Waals surface area contributed by atoms with Gasteiger partial charge in [0.25, 0.3) is 0 Å². The van der Waals surface area contributed by atoms with Crippen molar-refractivity contribution in [3.63, 3.8) is 0 Å². The Morgan fingerprint density at radius 2 is 1.40 bits per heavy atom. The highest BCUT2D eigenvalue weighted by Gasteiger charge is 2.07. The van der Waals surface area contributed by atoms with Crippen molar-refractivity contribution in [1.82, 2.24) is 0 Å². The molecular formula is C20H22O5. The molecule has 0 fully saturated rings. The Bertz CT molecular complexity index is 737. The zero-order chi connectivity index (χ0) is 18.1. The first-order chi connectivity index (χ1) is 12.2. The molecule has 2 aromatic rings. The number of benzene rings is 2. The van der Waals surface area contributed by atoms with Gasteiger partial charge in [0, 0.05) is 5.56 Å². The summed E-state index contributed by atoms with van der Waals surface area (Å²) in [4.78, 5) is 10.9. The number of ether oxygens (including phenoxy) is 4. The number of allylic oxidation sites excluding steroid dienone is 1. The lowest BCUT2D eigenvalue weighted by molar-refractivity contribution is 0.112. The molecule has 0 aliphatic rings. The molecule has 0 amide bonds. The predicted octanol–water partition coefficient (Wildman–Crippen LogP) is 4.01. The zero-order valence-electron chi connectivity index (χ0n) is 14.7. The molecule has 0 saturated heterocycles. The normalized spacial score (nSPS) is 10.5. The second kappa shape index (κ2) is 9.37. The lowest BCUT2D eigenvalue weighted by atomic mass is 10.2. The van der Waals surface area contributed by atoms with Gasteiger partial charge in [-0.15, -0.1) is 0 Å². The van der Waals surface area contributed by atoms with E-state index in [0.29, 0.717) is 41.8 Å². The third-order valence-corrected chi connectivity index (χ3v) is 3.47. The third kappa shape index (κ3) is 5.01. The average molecular weight is 342 g/mol. The van der Waals surface area contributed by atoms with Gasteiger partial charge in [0.15, 0.2) is 23.0 Å². The fourth-order valence-corrected chi connectivity index (χ4v) is 2.28. The van der Waals surface area contributed by atoms with Crippen LogP contribution in [0.25, 0.3) is 6.08 Å². The monoisotopic (exact) mass is 342 g/mol. The lowest BCUT2D eigenvalue weighted by Crippen LogP contribution is -2.10. The maximum absolute atomic E-state index is 10.9. The molecule has 2 rings (SSSR count). The van der Waals surface area contributed by atoms with Crippen LogP contribution in [0.4, 0.5) is 0 Å². The summed E-state index contributed by atoms with van der Waals surface area (Å²) in [6, 6.07) is 10.7. The first-order valence-electron chi connectivity index (χ1n) is 7.91. The fraction of sp³-hybridized carbons (Fsp3) is 0.250. The molecular weight excluding hydrogens is 320 g/mol. The Balaban J connectivity index is 1.96. The molecule has 0 heterocycles. The van der Waals surface area contributed by atoms with Crippen LogP contribution < -0.4 is 18.9 Å². The standard InChI is InChI=1S/C20H22O5/c1-4-5-15-6-9-18(19(12-15)23-3)24-10-11-25-20-13-16(14-21)7-8-17(20)22-2/h4-9,12-14H,10-11H2,1-3H3/b5-4-. The number of hydrogen-bond acceptors (Lipinski definition) is 5. The molecule has 0 aromatic heterocycles. The van der Waals surface area contributed by atoms with Crippen molar-refractivity contribution >= 4 is 12.4 Å². The van der Waals surface area contributed by atoms with Crippen molar-refractivity contribution in [3.8, 4) is 23.0 Å². The Hall–Kier alpha value is -2.95. The minimum atomic E-state index is 0.304. The molecule has 5 nitrogen and oxygen atoms in total. The van der Waals surface area contributed by atoms with E-state index < -0.39 is 0 Å². The molecule has 0 spiro atoms. The minimum absolute atomic E-state index is 0.304. The summed E-state index contributed by atoms with van der Waals surface area (Å²) < 4.78 is 22.0. The molecule has 5 heteroatoms. The van der Waals surface area contributed by atoms with Crippen LogP contribution in [0.5, 0.6) is 23.0 Å². The van der Waals surface area contributed by atoms with Crippen molar-refractivity contribution in [2.45, 2.75) is 6.92 Å². The van der Waals surface area contributed by atoms with Gasteiger partial charge >= 0.3 is 0 Å². The Morgan fingerprint density at radius 3 is 2.04 bits per heavy atom. The highest BCUT2D eigenvalue weighted by atomic mass is 16.5. The number of carbonyl (C=O) groups is 1. The van der Waals surface area contributed by atoms with E-state index in [-0.39, 0.29) is 0 Å². The number of aldehydes is 1. The number of hydrogen-bond donors (Lipinski definition) is 0. The van der Waals surface area contributed by atoms with Crippen LogP contribution in [0.2, 0.25) is 0 Å². The van der Waals surface area contributed by atoms with Crippen molar-refractivity contribution in [3.05, 3.63) is 53.6 Å². The summed E-state index contributed by atoms with van der Waals surface area (Å²) >= 11 is 0. The molecule has 0 atom stereocenters. The zero-order valence-corrected chi connectivity index (χ0v) is 14.7. The summed E-state index contributed by atoms with van der Waals surface area (Å²) in [5.41, 5.74) is 1.57. The molecule has 0 saturated carbocycles. The number of methoxy groups -OCH3 is 2. The first kappa shape index (κ1) is 18.4. The van der Waals surface area contributed by atoms with Crippen LogP contribution in [0, 0.1) is 0 Å². The average Bonchev–Trinajstić information content (AvgIpc) is 2.65. The molecule has 0 radical (unpaired) electrons. The first-order valence-corrected chi connectivity index (χ1v) is 7.91. The van der Waals surface area contributed by atoms with Crippen LogP contribution in [-0.2, 0) is 0 Å². The smallest absolute Gasteiger partial charge is 0.162 e. The van der Waals surface area contributed by atoms with E-state index in [1.54, 1.807) is 32.4 Å². The topological polar surface area (TPSA) is 54.0 Å². The molecule has 0 aliphatic carbocycles. The minimum Gasteiger partial charge on any atom is -0.493 e. The predicted molar refractivity (Wildman–Crippen MR) is 97.1 cm³/mol. The highest BCUT2D eigenvalue weighted by molar-refractivity contribution is 5.76. The van der Waals surface area contributed by atoms with Crippen molar-refractivity contribution in [1.29, 1.82) is 0 Å². The van der Waals surface area contributed by atoms with Gasteiger partial charge in [-0.3, -0.25) is 4.79 Å². The summed E-state index contributed by atoms with van der Waals surface area (Å²) in [7, 11) is 3.16. The van der Waals surface area contributed by atoms with Crippen LogP contribution in [0.1, 0.15) is 22.8 Å². The number of rotatable bonds is 9. The summed E-state index contributed by atoms with van der Waals surface area (Å²) in [5.74, 6) is 2.38. The Kier molecular flexibility index (Phi) is 6.89. The molecule has 25 heavy (non-hydrogen) atoms. The van der Waals surface area contributed by atoms with Crippen LogP contribution >= 0.6 is 0 Å². The second-order valence-corrected chi connectivity index (χ2v) is 5.14. The molecule has 0 unspecified atom stereocenters. The van der Waals surface area contributed by atoms with Crippen molar-refractivity contribution in [2.24, 2.45) is 0 Å². The fourth-order valence-electron chi connectivity index (χ4n) is 2.28. The summed E-state index contributed by atoms with van der Waals surface area (Å²) in [6.07, 6.45) is 4.71. The van der Waals surface area contributed by atoms with E-state index in [4.69, 9.17) is 18.9 Å². The van der Waals surface area contributed by atoms with E-state index >= 15 is 0 Å². The third-order valence-electron chi connectivity index (χ3n) is 3.47. The Labute approximate surface area is 147 Å². The maximum Gasteiger partial charge on any atom is 0.162 e. The molecule has 132 valence electrons. The molecule has 0 bridgehead atoms. The highest BCUT2D eigenvalue weighted by Crippen LogP contribution is 2.29. The van der Waals surface area contributed by atoms with Crippen molar-refractivity contribution in [2.75, 3.05) is 27.4 Å². The van der Waals surface area contributed by atoms with Gasteiger partial charge in [0.2, 0.25) is 0 Å². The van der Waals surface area contributed by atoms with Gasteiger partial charge in [-0.1, -0.05) is 18.2 Å². The number of carbonyl (C=O) groups excluding carboxylic acids is 1. The largest absolute Gasteiger partial charge is 0.493 e. The molecule has 2 aromatic carbocycles. The summed E-state index contributed by atoms with van der Waals surface area (Å²) in [5, 5.41) is 0. The van der Waals surface area contributed by atoms with Crippen molar-refractivity contribution < 1.29 is 23.7 Å². The molecule has 0 aliphatic heterocycles. The quantitative estimate of drug-likeness (QED) is 0.509. The van der Waals surface area contributed by atoms with E-state index in [1.807, 2.05) is 37.3 Å². The van der Waals surface area contributed by atoms with Gasteiger partial charge in [-0.25, -0.2) is 0 Å². The Morgan fingerprint density at radius 1 is 0.800 bits per heavy atom. The van der Waals surface area contributed by atoms with Crippen LogP contribution in [0.3, 0.4) is 0 Å². The van der Waals surface area contributed by atoms with Gasteiger partial charge < -0.3 is 18.9 Å². The van der Waals surface area contributed by atoms with Gasteiger partial charge in [0.1, 0.15) is 19.5 Å². The van der Waals surface area contributed by atoms with E-state index in [9.17, 15) is 4.79 Å². The van der Waals surface area contributed by atoms with Crippen LogP contribution in [0.15, 0.2) is 42.5 Å². The maximum atomic E-state index is 10.9.